The highest BCUT2D eigenvalue weighted by atomic mass is 16.5. The lowest BCUT2D eigenvalue weighted by molar-refractivity contribution is 0.0526. The van der Waals surface area contributed by atoms with E-state index in [1.54, 1.807) is 49.4 Å². The molecular formula is C19H13NO4. The van der Waals surface area contributed by atoms with Crippen LogP contribution in [0.2, 0.25) is 0 Å². The molecule has 1 heterocycles. The van der Waals surface area contributed by atoms with Gasteiger partial charge < -0.3 is 9.72 Å². The second-order valence-electron chi connectivity index (χ2n) is 5.56. The first-order valence-electron chi connectivity index (χ1n) is 7.63. The van der Waals surface area contributed by atoms with E-state index in [0.717, 1.165) is 0 Å². The summed E-state index contributed by atoms with van der Waals surface area (Å²) in [5, 5.41) is 0.559. The predicted octanol–water partition coefficient (Wildman–Crippen LogP) is 3.12. The summed E-state index contributed by atoms with van der Waals surface area (Å²) in [6.45, 7) is 2.00. The van der Waals surface area contributed by atoms with Gasteiger partial charge in [0.05, 0.1) is 23.4 Å². The second-order valence-corrected chi connectivity index (χ2v) is 5.56. The number of aromatic amines is 1. The number of carbonyl (C=O) groups is 3. The van der Waals surface area contributed by atoms with E-state index in [1.807, 2.05) is 0 Å². The number of fused-ring (bicyclic) bond motifs is 4. The van der Waals surface area contributed by atoms with Crippen molar-refractivity contribution in [3.63, 3.8) is 0 Å². The van der Waals surface area contributed by atoms with Crippen LogP contribution in [-0.4, -0.2) is 29.1 Å². The second kappa shape index (κ2) is 5.16. The number of hydrogen-bond acceptors (Lipinski definition) is 4. The number of aromatic nitrogens is 1. The summed E-state index contributed by atoms with van der Waals surface area (Å²) < 4.78 is 5.00. The van der Waals surface area contributed by atoms with Crippen molar-refractivity contribution in [3.8, 4) is 0 Å². The minimum absolute atomic E-state index is 0.214. The molecule has 0 spiro atoms. The van der Waals surface area contributed by atoms with Crippen LogP contribution in [0.3, 0.4) is 0 Å². The monoisotopic (exact) mass is 319 g/mol. The standard InChI is InChI=1S/C19H13NO4/c1-2-24-19(23)10-7-8-14-13(9-10)15-16(20-14)18(22)12-6-4-3-5-11(12)17(15)21/h3-9,20H,2H2,1H3. The van der Waals surface area contributed by atoms with Gasteiger partial charge in [0.25, 0.3) is 0 Å². The highest BCUT2D eigenvalue weighted by Crippen LogP contribution is 2.33. The topological polar surface area (TPSA) is 76.2 Å². The van der Waals surface area contributed by atoms with Crippen molar-refractivity contribution in [1.82, 2.24) is 4.98 Å². The predicted molar refractivity (Wildman–Crippen MR) is 87.6 cm³/mol. The Bertz CT molecular complexity index is 1030. The molecule has 24 heavy (non-hydrogen) atoms. The van der Waals surface area contributed by atoms with Gasteiger partial charge in [0.2, 0.25) is 5.78 Å². The number of ketones is 2. The third-order valence-corrected chi connectivity index (χ3v) is 4.18. The van der Waals surface area contributed by atoms with E-state index in [2.05, 4.69) is 4.98 Å². The summed E-state index contributed by atoms with van der Waals surface area (Å²) in [4.78, 5) is 40.5. The number of benzene rings is 2. The third-order valence-electron chi connectivity index (χ3n) is 4.18. The SMILES string of the molecule is CCOC(=O)c1ccc2[nH]c3c(c2c1)C(=O)c1ccccc1C3=O. The number of carbonyl (C=O) groups excluding carboxylic acids is 3. The molecule has 0 aliphatic heterocycles. The quantitative estimate of drug-likeness (QED) is 0.576. The van der Waals surface area contributed by atoms with Gasteiger partial charge in [-0.1, -0.05) is 24.3 Å². The number of rotatable bonds is 2. The highest BCUT2D eigenvalue weighted by molar-refractivity contribution is 6.32. The van der Waals surface area contributed by atoms with Crippen molar-refractivity contribution in [2.45, 2.75) is 6.92 Å². The van der Waals surface area contributed by atoms with Crippen LogP contribution in [0.1, 0.15) is 49.3 Å². The lowest BCUT2D eigenvalue weighted by atomic mass is 9.87. The Kier molecular flexibility index (Phi) is 3.09. The third kappa shape index (κ3) is 1.91. The first kappa shape index (κ1) is 14.4. The average Bonchev–Trinajstić information content (AvgIpc) is 2.99. The maximum absolute atomic E-state index is 12.8. The molecule has 0 bridgehead atoms. The molecule has 3 aromatic rings. The summed E-state index contributed by atoms with van der Waals surface area (Å²) in [6, 6.07) is 11.7. The number of H-pyrrole nitrogens is 1. The fraction of sp³-hybridized carbons (Fsp3) is 0.105. The van der Waals surface area contributed by atoms with Crippen LogP contribution in [0.15, 0.2) is 42.5 Å². The number of nitrogens with one attached hydrogen (secondary N) is 1. The highest BCUT2D eigenvalue weighted by Gasteiger charge is 2.33. The first-order valence-corrected chi connectivity index (χ1v) is 7.63. The average molecular weight is 319 g/mol. The van der Waals surface area contributed by atoms with Gasteiger partial charge in [0.15, 0.2) is 5.78 Å². The zero-order valence-electron chi connectivity index (χ0n) is 12.9. The van der Waals surface area contributed by atoms with E-state index in [9.17, 15) is 14.4 Å². The summed E-state index contributed by atoms with van der Waals surface area (Å²) in [5.41, 5.74) is 2.37. The van der Waals surface area contributed by atoms with Crippen molar-refractivity contribution < 1.29 is 19.1 Å². The van der Waals surface area contributed by atoms with Crippen molar-refractivity contribution >= 4 is 28.4 Å². The molecule has 0 saturated heterocycles. The molecule has 0 fully saturated rings. The minimum atomic E-state index is -0.454. The van der Waals surface area contributed by atoms with Crippen LogP contribution < -0.4 is 0 Å². The Morgan fingerprint density at radius 1 is 1.04 bits per heavy atom. The molecule has 0 atom stereocenters. The van der Waals surface area contributed by atoms with E-state index < -0.39 is 5.97 Å². The van der Waals surface area contributed by atoms with Crippen molar-refractivity contribution in [2.24, 2.45) is 0 Å². The Morgan fingerprint density at radius 3 is 2.46 bits per heavy atom. The van der Waals surface area contributed by atoms with Crippen LogP contribution in [0.4, 0.5) is 0 Å². The molecule has 0 radical (unpaired) electrons. The van der Waals surface area contributed by atoms with Gasteiger partial charge in [-0.3, -0.25) is 9.59 Å². The van der Waals surface area contributed by atoms with Gasteiger partial charge in [-0.25, -0.2) is 4.79 Å². The Balaban J connectivity index is 1.95. The van der Waals surface area contributed by atoms with Crippen molar-refractivity contribution in [3.05, 3.63) is 70.4 Å². The molecular weight excluding hydrogens is 306 g/mol. The Hall–Kier alpha value is -3.21. The largest absolute Gasteiger partial charge is 0.462 e. The molecule has 4 rings (SSSR count). The molecule has 0 saturated carbocycles. The van der Waals surface area contributed by atoms with Gasteiger partial charge >= 0.3 is 5.97 Å². The molecule has 0 amide bonds. The summed E-state index contributed by atoms with van der Waals surface area (Å²) in [6.07, 6.45) is 0. The van der Waals surface area contributed by atoms with Crippen LogP contribution >= 0.6 is 0 Å². The van der Waals surface area contributed by atoms with Gasteiger partial charge in [-0.2, -0.15) is 0 Å². The van der Waals surface area contributed by atoms with Gasteiger partial charge in [-0.05, 0) is 25.1 Å². The zero-order chi connectivity index (χ0) is 16.8. The van der Waals surface area contributed by atoms with E-state index in [4.69, 9.17) is 4.74 Å². The van der Waals surface area contributed by atoms with E-state index in [-0.39, 0.29) is 23.9 Å². The van der Waals surface area contributed by atoms with Crippen LogP contribution in [0.5, 0.6) is 0 Å². The van der Waals surface area contributed by atoms with Crippen LogP contribution in [0.25, 0.3) is 10.9 Å². The summed E-state index contributed by atoms with van der Waals surface area (Å²) in [7, 11) is 0. The smallest absolute Gasteiger partial charge is 0.338 e. The van der Waals surface area contributed by atoms with Crippen LogP contribution in [-0.2, 0) is 4.74 Å². The molecule has 0 unspecified atom stereocenters. The molecule has 1 N–H and O–H groups in total. The Morgan fingerprint density at radius 2 is 1.75 bits per heavy atom. The Labute approximate surface area is 137 Å². The van der Waals surface area contributed by atoms with E-state index >= 15 is 0 Å². The number of esters is 1. The summed E-state index contributed by atoms with van der Waals surface area (Å²) in [5.74, 6) is -0.883. The fourth-order valence-electron chi connectivity index (χ4n) is 3.09. The van der Waals surface area contributed by atoms with E-state index in [0.29, 0.717) is 33.2 Å². The number of hydrogen-bond donors (Lipinski definition) is 1. The minimum Gasteiger partial charge on any atom is -0.462 e. The molecule has 1 aromatic heterocycles. The molecule has 2 aromatic carbocycles. The van der Waals surface area contributed by atoms with Gasteiger partial charge in [-0.15, -0.1) is 0 Å². The lowest BCUT2D eigenvalue weighted by Crippen LogP contribution is -2.20. The van der Waals surface area contributed by atoms with Crippen molar-refractivity contribution in [2.75, 3.05) is 6.61 Å². The summed E-state index contributed by atoms with van der Waals surface area (Å²) >= 11 is 0. The number of ether oxygens (including phenoxy) is 1. The van der Waals surface area contributed by atoms with Gasteiger partial charge in [0.1, 0.15) is 0 Å². The molecule has 5 heteroatoms. The molecule has 118 valence electrons. The molecule has 5 nitrogen and oxygen atoms in total. The van der Waals surface area contributed by atoms with Crippen LogP contribution in [0, 0.1) is 0 Å². The molecule has 1 aliphatic carbocycles. The first-order chi connectivity index (χ1) is 11.6. The van der Waals surface area contributed by atoms with Gasteiger partial charge in [0, 0.05) is 22.0 Å². The lowest BCUT2D eigenvalue weighted by Gasteiger charge is -2.13. The zero-order valence-corrected chi connectivity index (χ0v) is 12.9. The maximum Gasteiger partial charge on any atom is 0.338 e. The van der Waals surface area contributed by atoms with E-state index in [1.165, 1.54) is 0 Å². The molecule has 1 aliphatic rings. The van der Waals surface area contributed by atoms with Crippen molar-refractivity contribution in [1.29, 1.82) is 0 Å². The normalized spacial score (nSPS) is 12.9. The maximum atomic E-state index is 12.8. The fourth-order valence-corrected chi connectivity index (χ4v) is 3.09.